The van der Waals surface area contributed by atoms with Gasteiger partial charge in [0.05, 0.1) is 34.9 Å². The number of benzene rings is 2. The summed E-state index contributed by atoms with van der Waals surface area (Å²) in [6.45, 7) is -0.585. The van der Waals surface area contributed by atoms with Gasteiger partial charge in [0.25, 0.3) is 11.8 Å². The molecule has 9 nitrogen and oxygen atoms in total. The number of rotatable bonds is 5. The number of nitrogens with one attached hydrogen (secondary N) is 3. The molecule has 0 radical (unpaired) electrons. The van der Waals surface area contributed by atoms with Crippen LogP contribution in [0, 0.1) is 0 Å². The van der Waals surface area contributed by atoms with Crippen LogP contribution in [0.2, 0.25) is 0 Å². The van der Waals surface area contributed by atoms with Crippen molar-refractivity contribution >= 4 is 39.8 Å². The van der Waals surface area contributed by atoms with Crippen molar-refractivity contribution in [3.05, 3.63) is 60.4 Å². The van der Waals surface area contributed by atoms with Gasteiger partial charge < -0.3 is 15.4 Å². The number of aromatic nitrogens is 4. The molecule has 0 aliphatic rings. The molecule has 140 valence electrons. The summed E-state index contributed by atoms with van der Waals surface area (Å²) in [5.74, 6) is -0.995. The van der Waals surface area contributed by atoms with E-state index in [1.54, 1.807) is 24.3 Å². The molecule has 0 fully saturated rings. The molecule has 1 unspecified atom stereocenters. The van der Waals surface area contributed by atoms with Crippen molar-refractivity contribution in [1.29, 1.82) is 0 Å². The Morgan fingerprint density at radius 2 is 1.71 bits per heavy atom. The minimum absolute atomic E-state index is 0.0497. The summed E-state index contributed by atoms with van der Waals surface area (Å²) >= 11 is 0. The summed E-state index contributed by atoms with van der Waals surface area (Å²) in [7, 11) is 0. The van der Waals surface area contributed by atoms with Crippen LogP contribution in [0.3, 0.4) is 0 Å². The second-order valence-corrected chi connectivity index (χ2v) is 6.04. The Bertz CT molecular complexity index is 1140. The quantitative estimate of drug-likeness (QED) is 0.414. The lowest BCUT2D eigenvalue weighted by molar-refractivity contribution is -0.118. The molecule has 0 spiro atoms. The molecule has 0 bridgehead atoms. The van der Waals surface area contributed by atoms with Crippen LogP contribution in [0.5, 0.6) is 0 Å². The fourth-order valence-corrected chi connectivity index (χ4v) is 2.71. The second-order valence-electron chi connectivity index (χ2n) is 6.04. The smallest absolute Gasteiger partial charge is 0.272 e. The molecular formula is C19H16N6O3. The number of nitrogens with zero attached hydrogens (tertiary/aromatic N) is 3. The van der Waals surface area contributed by atoms with E-state index in [1.165, 1.54) is 6.20 Å². The van der Waals surface area contributed by atoms with E-state index in [2.05, 4.69) is 30.6 Å². The van der Waals surface area contributed by atoms with Crippen molar-refractivity contribution < 1.29 is 14.7 Å². The Labute approximate surface area is 158 Å². The highest BCUT2D eigenvalue weighted by Gasteiger charge is 2.22. The summed E-state index contributed by atoms with van der Waals surface area (Å²) in [5, 5.41) is 14.5. The fraction of sp³-hybridized carbons (Fsp3) is 0.105. The van der Waals surface area contributed by atoms with Gasteiger partial charge in [-0.25, -0.2) is 9.97 Å². The van der Waals surface area contributed by atoms with E-state index >= 15 is 0 Å². The zero-order chi connectivity index (χ0) is 19.5. The highest BCUT2D eigenvalue weighted by Crippen LogP contribution is 2.13. The molecule has 0 saturated carbocycles. The van der Waals surface area contributed by atoms with Gasteiger partial charge in [-0.1, -0.05) is 24.3 Å². The summed E-state index contributed by atoms with van der Waals surface area (Å²) in [6, 6.07) is 13.2. The fourth-order valence-electron chi connectivity index (χ4n) is 2.71. The molecule has 1 atom stereocenters. The van der Waals surface area contributed by atoms with Crippen LogP contribution in [0.15, 0.2) is 54.7 Å². The topological polar surface area (TPSA) is 133 Å². The molecule has 0 aliphatic carbocycles. The lowest BCUT2D eigenvalue weighted by Crippen LogP contribution is -2.46. The van der Waals surface area contributed by atoms with Gasteiger partial charge in [0.1, 0.15) is 11.7 Å². The number of aliphatic hydroxyl groups is 1. The first-order valence-electron chi connectivity index (χ1n) is 8.53. The monoisotopic (exact) mass is 376 g/mol. The number of fused-ring (bicyclic) bond motifs is 2. The average molecular weight is 376 g/mol. The van der Waals surface area contributed by atoms with Crippen LogP contribution in [-0.4, -0.2) is 49.5 Å². The van der Waals surface area contributed by atoms with Crippen LogP contribution >= 0.6 is 0 Å². The minimum Gasteiger partial charge on any atom is -0.394 e. The van der Waals surface area contributed by atoms with Gasteiger partial charge in [-0.15, -0.1) is 0 Å². The van der Waals surface area contributed by atoms with Crippen LogP contribution in [0.1, 0.15) is 10.5 Å². The molecular weight excluding hydrogens is 360 g/mol. The molecule has 4 aromatic rings. The number of para-hydroxylation sites is 4. The van der Waals surface area contributed by atoms with E-state index in [9.17, 15) is 14.7 Å². The number of aromatic amines is 1. The maximum Gasteiger partial charge on any atom is 0.272 e. The summed E-state index contributed by atoms with van der Waals surface area (Å²) in [4.78, 5) is 40.4. The average Bonchev–Trinajstić information content (AvgIpc) is 3.13. The Hall–Kier alpha value is -3.85. The lowest BCUT2D eigenvalue weighted by atomic mass is 10.2. The first-order valence-corrected chi connectivity index (χ1v) is 8.53. The number of amides is 2. The number of carbonyl (C=O) groups excluding carboxylic acids is 2. The molecule has 2 heterocycles. The third-order valence-electron chi connectivity index (χ3n) is 4.12. The van der Waals surface area contributed by atoms with E-state index in [0.29, 0.717) is 16.6 Å². The van der Waals surface area contributed by atoms with Gasteiger partial charge in [-0.3, -0.25) is 19.9 Å². The highest BCUT2D eigenvalue weighted by molar-refractivity contribution is 6.00. The van der Waals surface area contributed by atoms with Crippen molar-refractivity contribution in [2.24, 2.45) is 0 Å². The predicted molar refractivity (Wildman–Crippen MR) is 103 cm³/mol. The lowest BCUT2D eigenvalue weighted by Gasteiger charge is -2.15. The predicted octanol–water partition coefficient (Wildman–Crippen LogP) is 1.24. The maximum atomic E-state index is 12.4. The molecule has 4 rings (SSSR count). The number of aliphatic hydroxyl groups excluding tert-OH is 1. The SMILES string of the molecule is O=C(NC(CO)C(=O)Nc1nc2ccccc2[nH]1)c1cnc2ccccc2n1. The highest BCUT2D eigenvalue weighted by atomic mass is 16.3. The van der Waals surface area contributed by atoms with Crippen LogP contribution < -0.4 is 10.6 Å². The van der Waals surface area contributed by atoms with E-state index in [1.807, 2.05) is 24.3 Å². The summed E-state index contributed by atoms with van der Waals surface area (Å²) in [5.41, 5.74) is 2.71. The van der Waals surface area contributed by atoms with E-state index in [-0.39, 0.29) is 11.6 Å². The molecule has 9 heteroatoms. The second kappa shape index (κ2) is 7.41. The molecule has 2 aromatic heterocycles. The van der Waals surface area contributed by atoms with E-state index < -0.39 is 24.5 Å². The van der Waals surface area contributed by atoms with Crippen molar-refractivity contribution in [3.63, 3.8) is 0 Å². The van der Waals surface area contributed by atoms with E-state index in [0.717, 1.165) is 5.52 Å². The Kier molecular flexibility index (Phi) is 4.65. The van der Waals surface area contributed by atoms with Crippen LogP contribution in [0.4, 0.5) is 5.95 Å². The van der Waals surface area contributed by atoms with Crippen LogP contribution in [-0.2, 0) is 4.79 Å². The van der Waals surface area contributed by atoms with Crippen molar-refractivity contribution in [3.8, 4) is 0 Å². The Morgan fingerprint density at radius 3 is 2.46 bits per heavy atom. The first-order chi connectivity index (χ1) is 13.6. The standard InChI is InChI=1S/C19H16N6O3/c26-10-16(18(28)25-19-23-13-7-3-4-8-14(13)24-19)22-17(27)15-9-20-11-5-1-2-6-12(11)21-15/h1-9,16,26H,10H2,(H,22,27)(H2,23,24,25,28). The minimum atomic E-state index is -1.17. The van der Waals surface area contributed by atoms with Crippen molar-refractivity contribution in [2.75, 3.05) is 11.9 Å². The number of imidazole rings is 1. The molecule has 28 heavy (non-hydrogen) atoms. The number of hydrogen-bond acceptors (Lipinski definition) is 6. The maximum absolute atomic E-state index is 12.4. The van der Waals surface area contributed by atoms with Gasteiger partial charge in [0, 0.05) is 0 Å². The third kappa shape index (κ3) is 3.51. The zero-order valence-corrected chi connectivity index (χ0v) is 14.6. The van der Waals surface area contributed by atoms with Crippen LogP contribution in [0.25, 0.3) is 22.1 Å². The molecule has 4 N–H and O–H groups in total. The van der Waals surface area contributed by atoms with Crippen molar-refractivity contribution in [2.45, 2.75) is 6.04 Å². The van der Waals surface area contributed by atoms with Gasteiger partial charge in [0.2, 0.25) is 5.95 Å². The molecule has 0 saturated heterocycles. The number of H-pyrrole nitrogens is 1. The number of anilines is 1. The number of hydrogen-bond donors (Lipinski definition) is 4. The first kappa shape index (κ1) is 17.6. The number of carbonyl (C=O) groups is 2. The van der Waals surface area contributed by atoms with Gasteiger partial charge >= 0.3 is 0 Å². The van der Waals surface area contributed by atoms with Gasteiger partial charge in [-0.2, -0.15) is 0 Å². The van der Waals surface area contributed by atoms with Gasteiger partial charge in [0.15, 0.2) is 0 Å². The molecule has 2 amide bonds. The largest absolute Gasteiger partial charge is 0.394 e. The van der Waals surface area contributed by atoms with Crippen molar-refractivity contribution in [1.82, 2.24) is 25.3 Å². The summed E-state index contributed by atoms with van der Waals surface area (Å²) in [6.07, 6.45) is 1.32. The Morgan fingerprint density at radius 1 is 1.00 bits per heavy atom. The zero-order valence-electron chi connectivity index (χ0n) is 14.6. The molecule has 2 aromatic carbocycles. The van der Waals surface area contributed by atoms with E-state index in [4.69, 9.17) is 0 Å². The third-order valence-corrected chi connectivity index (χ3v) is 4.12. The summed E-state index contributed by atoms with van der Waals surface area (Å²) < 4.78 is 0. The van der Waals surface area contributed by atoms with Gasteiger partial charge in [-0.05, 0) is 24.3 Å². The molecule has 0 aliphatic heterocycles. The normalized spacial score (nSPS) is 12.0. The Balaban J connectivity index is 1.47.